The Bertz CT molecular complexity index is 448. The molecule has 0 bridgehead atoms. The lowest BCUT2D eigenvalue weighted by Gasteiger charge is -2.07. The maximum absolute atomic E-state index is 11.7. The fourth-order valence-corrected chi connectivity index (χ4v) is 2.17. The smallest absolute Gasteiger partial charge is 0.305 e. The van der Waals surface area contributed by atoms with E-state index in [0.717, 1.165) is 35.8 Å². The molecule has 0 aliphatic heterocycles. The number of unbranched alkanes of at least 4 members (excludes halogenated alkanes) is 3. The second-order valence-electron chi connectivity index (χ2n) is 4.52. The summed E-state index contributed by atoms with van der Waals surface area (Å²) in [6.45, 7) is 0. The largest absolute Gasteiger partial charge is 0.469 e. The number of carbonyl (C=O) groups is 2. The monoisotopic (exact) mass is 341 g/mol. The zero-order chi connectivity index (χ0) is 14.8. The number of benzene rings is 1. The van der Waals surface area contributed by atoms with Crippen LogP contribution in [-0.2, 0) is 14.3 Å². The Labute approximate surface area is 128 Å². The molecule has 0 unspecified atom stereocenters. The fourth-order valence-electron chi connectivity index (χ4n) is 1.79. The van der Waals surface area contributed by atoms with Crippen molar-refractivity contribution in [2.24, 2.45) is 0 Å². The van der Waals surface area contributed by atoms with E-state index in [2.05, 4.69) is 26.0 Å². The van der Waals surface area contributed by atoms with Crippen molar-refractivity contribution in [1.29, 1.82) is 0 Å². The fraction of sp³-hybridized carbons (Fsp3) is 0.467. The van der Waals surface area contributed by atoms with E-state index in [1.54, 1.807) is 0 Å². The van der Waals surface area contributed by atoms with Gasteiger partial charge in [-0.25, -0.2) is 0 Å². The summed E-state index contributed by atoms with van der Waals surface area (Å²) in [6, 6.07) is 7.54. The third-order valence-corrected chi connectivity index (χ3v) is 3.60. The molecule has 0 aliphatic carbocycles. The average Bonchev–Trinajstić information content (AvgIpc) is 2.44. The number of rotatable bonds is 8. The van der Waals surface area contributed by atoms with Crippen LogP contribution in [-0.4, -0.2) is 19.0 Å². The number of carbonyl (C=O) groups excluding carboxylic acids is 2. The first-order valence-electron chi connectivity index (χ1n) is 6.74. The van der Waals surface area contributed by atoms with Crippen LogP contribution in [0, 0.1) is 0 Å². The first-order chi connectivity index (χ1) is 9.63. The molecule has 0 spiro atoms. The van der Waals surface area contributed by atoms with E-state index in [-0.39, 0.29) is 11.9 Å². The first-order valence-corrected chi connectivity index (χ1v) is 7.54. The summed E-state index contributed by atoms with van der Waals surface area (Å²) in [5.41, 5.74) is 0.795. The van der Waals surface area contributed by atoms with Gasteiger partial charge < -0.3 is 10.1 Å². The Kier molecular flexibility index (Phi) is 7.95. The number of hydrogen-bond donors (Lipinski definition) is 1. The molecular formula is C15H20BrNO3. The Hall–Kier alpha value is -1.36. The molecule has 5 heteroatoms. The molecule has 0 atom stereocenters. The van der Waals surface area contributed by atoms with Gasteiger partial charge in [-0.3, -0.25) is 9.59 Å². The third-order valence-electron chi connectivity index (χ3n) is 2.91. The topological polar surface area (TPSA) is 55.4 Å². The summed E-state index contributed by atoms with van der Waals surface area (Å²) in [5.74, 6) is -0.151. The number of halogens is 1. The highest BCUT2D eigenvalue weighted by Crippen LogP contribution is 2.21. The Morgan fingerprint density at radius 1 is 1.10 bits per heavy atom. The van der Waals surface area contributed by atoms with E-state index in [1.165, 1.54) is 7.11 Å². The van der Waals surface area contributed by atoms with Crippen LogP contribution in [0.25, 0.3) is 0 Å². The minimum atomic E-state index is -0.170. The lowest BCUT2D eigenvalue weighted by Crippen LogP contribution is -2.11. The number of nitrogens with one attached hydrogen (secondary N) is 1. The zero-order valence-corrected chi connectivity index (χ0v) is 13.2. The van der Waals surface area contributed by atoms with Gasteiger partial charge in [0.2, 0.25) is 5.91 Å². The average molecular weight is 342 g/mol. The van der Waals surface area contributed by atoms with E-state index >= 15 is 0 Å². The molecule has 110 valence electrons. The summed E-state index contributed by atoms with van der Waals surface area (Å²) in [4.78, 5) is 22.6. The standard InChI is InChI=1S/C15H20BrNO3/c1-20-15(19)11-5-3-2-4-10-14(18)17-13-9-7-6-8-12(13)16/h6-9H,2-5,10-11H2,1H3,(H,17,18). The summed E-state index contributed by atoms with van der Waals surface area (Å²) in [7, 11) is 1.40. The van der Waals surface area contributed by atoms with Gasteiger partial charge in [-0.1, -0.05) is 25.0 Å². The molecule has 0 aliphatic rings. The predicted octanol–water partition coefficient (Wildman–Crippen LogP) is 3.90. The molecule has 0 saturated heterocycles. The molecule has 20 heavy (non-hydrogen) atoms. The molecule has 1 rings (SSSR count). The van der Waals surface area contributed by atoms with Crippen LogP contribution in [0.3, 0.4) is 0 Å². The van der Waals surface area contributed by atoms with Crippen LogP contribution in [0.15, 0.2) is 28.7 Å². The van der Waals surface area contributed by atoms with Crippen molar-refractivity contribution in [3.05, 3.63) is 28.7 Å². The van der Waals surface area contributed by atoms with Crippen molar-refractivity contribution in [2.75, 3.05) is 12.4 Å². The summed E-state index contributed by atoms with van der Waals surface area (Å²) < 4.78 is 5.45. The molecule has 1 aromatic carbocycles. The van der Waals surface area contributed by atoms with Gasteiger partial charge >= 0.3 is 5.97 Å². The van der Waals surface area contributed by atoms with Crippen molar-refractivity contribution in [3.8, 4) is 0 Å². The van der Waals surface area contributed by atoms with Crippen molar-refractivity contribution in [2.45, 2.75) is 38.5 Å². The molecule has 1 amide bonds. The van der Waals surface area contributed by atoms with Crippen LogP contribution in [0.5, 0.6) is 0 Å². The van der Waals surface area contributed by atoms with Crippen LogP contribution in [0.4, 0.5) is 5.69 Å². The molecule has 0 radical (unpaired) electrons. The van der Waals surface area contributed by atoms with E-state index in [4.69, 9.17) is 0 Å². The third kappa shape index (κ3) is 6.70. The van der Waals surface area contributed by atoms with E-state index in [9.17, 15) is 9.59 Å². The van der Waals surface area contributed by atoms with Gasteiger partial charge in [0.15, 0.2) is 0 Å². The highest BCUT2D eigenvalue weighted by atomic mass is 79.9. The number of amides is 1. The normalized spacial score (nSPS) is 10.1. The lowest BCUT2D eigenvalue weighted by molar-refractivity contribution is -0.140. The van der Waals surface area contributed by atoms with Crippen molar-refractivity contribution >= 4 is 33.5 Å². The highest BCUT2D eigenvalue weighted by molar-refractivity contribution is 9.10. The van der Waals surface area contributed by atoms with Crippen molar-refractivity contribution in [1.82, 2.24) is 0 Å². The lowest BCUT2D eigenvalue weighted by atomic mass is 10.1. The van der Waals surface area contributed by atoms with Gasteiger partial charge in [0.25, 0.3) is 0 Å². The van der Waals surface area contributed by atoms with E-state index < -0.39 is 0 Å². The Morgan fingerprint density at radius 2 is 1.75 bits per heavy atom. The Morgan fingerprint density at radius 3 is 2.40 bits per heavy atom. The highest BCUT2D eigenvalue weighted by Gasteiger charge is 2.05. The quantitative estimate of drug-likeness (QED) is 0.576. The number of methoxy groups -OCH3 is 1. The van der Waals surface area contributed by atoms with Crippen molar-refractivity contribution in [3.63, 3.8) is 0 Å². The number of para-hydroxylation sites is 1. The summed E-state index contributed by atoms with van der Waals surface area (Å²) in [6.07, 6.45) is 4.49. The zero-order valence-electron chi connectivity index (χ0n) is 11.7. The van der Waals surface area contributed by atoms with E-state index in [0.29, 0.717) is 12.8 Å². The maximum atomic E-state index is 11.7. The second kappa shape index (κ2) is 9.53. The molecular weight excluding hydrogens is 322 g/mol. The molecule has 1 N–H and O–H groups in total. The second-order valence-corrected chi connectivity index (χ2v) is 5.37. The van der Waals surface area contributed by atoms with Gasteiger partial charge in [-0.05, 0) is 40.9 Å². The van der Waals surface area contributed by atoms with Gasteiger partial charge in [-0.2, -0.15) is 0 Å². The molecule has 0 heterocycles. The molecule has 0 fully saturated rings. The minimum absolute atomic E-state index is 0.0184. The SMILES string of the molecule is COC(=O)CCCCCCC(=O)Nc1ccccc1Br. The summed E-state index contributed by atoms with van der Waals surface area (Å²) >= 11 is 3.39. The summed E-state index contributed by atoms with van der Waals surface area (Å²) in [5, 5.41) is 2.87. The van der Waals surface area contributed by atoms with E-state index in [1.807, 2.05) is 24.3 Å². The minimum Gasteiger partial charge on any atom is -0.469 e. The number of anilines is 1. The first kappa shape index (κ1) is 16.7. The molecule has 0 saturated carbocycles. The van der Waals surface area contributed by atoms with Gasteiger partial charge in [0.05, 0.1) is 12.8 Å². The molecule has 1 aromatic rings. The number of esters is 1. The maximum Gasteiger partial charge on any atom is 0.305 e. The molecule has 4 nitrogen and oxygen atoms in total. The number of ether oxygens (including phenoxy) is 1. The van der Waals surface area contributed by atoms with Crippen LogP contribution in [0.1, 0.15) is 38.5 Å². The van der Waals surface area contributed by atoms with Crippen LogP contribution < -0.4 is 5.32 Å². The van der Waals surface area contributed by atoms with Gasteiger partial charge in [0.1, 0.15) is 0 Å². The van der Waals surface area contributed by atoms with Gasteiger partial charge in [0, 0.05) is 17.3 Å². The molecule has 0 aromatic heterocycles. The van der Waals surface area contributed by atoms with Crippen LogP contribution >= 0.6 is 15.9 Å². The van der Waals surface area contributed by atoms with Crippen LogP contribution in [0.2, 0.25) is 0 Å². The number of hydrogen-bond acceptors (Lipinski definition) is 3. The van der Waals surface area contributed by atoms with Crippen molar-refractivity contribution < 1.29 is 14.3 Å². The Balaban J connectivity index is 2.12. The predicted molar refractivity (Wildman–Crippen MR) is 82.5 cm³/mol. The van der Waals surface area contributed by atoms with Gasteiger partial charge in [-0.15, -0.1) is 0 Å².